The lowest BCUT2D eigenvalue weighted by atomic mass is 10.0. The fourth-order valence-electron chi connectivity index (χ4n) is 2.41. The Morgan fingerprint density at radius 1 is 1.15 bits per heavy atom. The van der Waals surface area contributed by atoms with Crippen molar-refractivity contribution in [3.63, 3.8) is 0 Å². The molecule has 0 saturated heterocycles. The predicted molar refractivity (Wildman–Crippen MR) is 93.4 cm³/mol. The number of carbonyl (C=O) groups excluding carboxylic acids is 1. The van der Waals surface area contributed by atoms with Gasteiger partial charge in [-0.25, -0.2) is 4.39 Å². The van der Waals surface area contributed by atoms with Gasteiger partial charge < -0.3 is 19.9 Å². The molecule has 0 spiro atoms. The standard InChI is InChI=1S/C18H17ClFNO5/c1-25-15-6-3-10(7-16(15)26-2)14(9-17(22)23)21-18(24)12-5-4-11(20)8-13(12)19/h3-8,14H,9H2,1-2H3,(H,21,24)(H,22,23). The molecule has 2 aromatic rings. The zero-order valence-electron chi connectivity index (χ0n) is 14.1. The smallest absolute Gasteiger partial charge is 0.305 e. The third kappa shape index (κ3) is 4.64. The number of ether oxygens (including phenoxy) is 2. The van der Waals surface area contributed by atoms with Crippen LogP contribution in [0.1, 0.15) is 28.4 Å². The number of carboxylic acid groups (broad SMARTS) is 1. The lowest BCUT2D eigenvalue weighted by Gasteiger charge is -2.19. The van der Waals surface area contributed by atoms with Crippen molar-refractivity contribution in [3.8, 4) is 11.5 Å². The number of benzene rings is 2. The predicted octanol–water partition coefficient (Wildman–Crippen LogP) is 3.44. The van der Waals surface area contributed by atoms with Gasteiger partial charge in [0, 0.05) is 0 Å². The number of rotatable bonds is 7. The SMILES string of the molecule is COc1ccc(C(CC(=O)O)NC(=O)c2ccc(F)cc2Cl)cc1OC. The molecule has 0 bridgehead atoms. The molecule has 2 aromatic carbocycles. The zero-order chi connectivity index (χ0) is 19.3. The monoisotopic (exact) mass is 381 g/mol. The molecule has 2 rings (SSSR count). The van der Waals surface area contributed by atoms with Gasteiger partial charge in [-0.2, -0.15) is 0 Å². The summed E-state index contributed by atoms with van der Waals surface area (Å²) in [7, 11) is 2.93. The van der Waals surface area contributed by atoms with Crippen LogP contribution in [-0.4, -0.2) is 31.2 Å². The van der Waals surface area contributed by atoms with Crippen molar-refractivity contribution in [1.82, 2.24) is 5.32 Å². The Balaban J connectivity index is 2.32. The van der Waals surface area contributed by atoms with Gasteiger partial charge >= 0.3 is 5.97 Å². The number of carboxylic acids is 1. The summed E-state index contributed by atoms with van der Waals surface area (Å²) in [6, 6.07) is 7.32. The molecule has 0 fully saturated rings. The normalized spacial score (nSPS) is 11.5. The first kappa shape index (κ1) is 19.5. The molecule has 0 saturated carbocycles. The number of nitrogens with one attached hydrogen (secondary N) is 1. The minimum Gasteiger partial charge on any atom is -0.493 e. The Morgan fingerprint density at radius 3 is 2.42 bits per heavy atom. The quantitative estimate of drug-likeness (QED) is 0.767. The van der Waals surface area contributed by atoms with Crippen molar-refractivity contribution in [3.05, 3.63) is 58.4 Å². The zero-order valence-corrected chi connectivity index (χ0v) is 14.8. The summed E-state index contributed by atoms with van der Waals surface area (Å²) in [6.07, 6.45) is -0.361. The Morgan fingerprint density at radius 2 is 1.85 bits per heavy atom. The number of halogens is 2. The number of aliphatic carboxylic acids is 1. The minimum atomic E-state index is -1.10. The molecule has 8 heteroatoms. The van der Waals surface area contributed by atoms with E-state index in [-0.39, 0.29) is 17.0 Å². The summed E-state index contributed by atoms with van der Waals surface area (Å²) in [5.41, 5.74) is 0.556. The van der Waals surface area contributed by atoms with Crippen LogP contribution in [0.5, 0.6) is 11.5 Å². The highest BCUT2D eigenvalue weighted by molar-refractivity contribution is 6.33. The number of carbonyl (C=O) groups is 2. The van der Waals surface area contributed by atoms with Crippen LogP contribution in [0.15, 0.2) is 36.4 Å². The van der Waals surface area contributed by atoms with Gasteiger partial charge in [0.05, 0.1) is 37.3 Å². The van der Waals surface area contributed by atoms with E-state index in [1.165, 1.54) is 20.3 Å². The topological polar surface area (TPSA) is 84.9 Å². The Hall–Kier alpha value is -2.80. The van der Waals surface area contributed by atoms with E-state index in [0.717, 1.165) is 12.1 Å². The Labute approximate surface area is 154 Å². The highest BCUT2D eigenvalue weighted by atomic mass is 35.5. The molecule has 1 unspecified atom stereocenters. The number of hydrogen-bond acceptors (Lipinski definition) is 4. The lowest BCUT2D eigenvalue weighted by Crippen LogP contribution is -2.30. The molecule has 2 N–H and O–H groups in total. The maximum atomic E-state index is 13.1. The van der Waals surface area contributed by atoms with E-state index in [1.54, 1.807) is 18.2 Å². The highest BCUT2D eigenvalue weighted by Gasteiger charge is 2.22. The van der Waals surface area contributed by atoms with Gasteiger partial charge in [-0.05, 0) is 35.9 Å². The van der Waals surface area contributed by atoms with Crippen LogP contribution >= 0.6 is 11.6 Å². The van der Waals surface area contributed by atoms with Crippen molar-refractivity contribution in [2.45, 2.75) is 12.5 Å². The first-order valence-electron chi connectivity index (χ1n) is 7.55. The highest BCUT2D eigenvalue weighted by Crippen LogP contribution is 2.31. The Bertz CT molecular complexity index is 827. The fourth-order valence-corrected chi connectivity index (χ4v) is 2.66. The van der Waals surface area contributed by atoms with Gasteiger partial charge in [-0.3, -0.25) is 9.59 Å². The second kappa shape index (κ2) is 8.53. The number of methoxy groups -OCH3 is 2. The first-order valence-corrected chi connectivity index (χ1v) is 7.93. The van der Waals surface area contributed by atoms with Crippen molar-refractivity contribution in [2.24, 2.45) is 0 Å². The molecular weight excluding hydrogens is 365 g/mol. The largest absolute Gasteiger partial charge is 0.493 e. The minimum absolute atomic E-state index is 0.0453. The molecule has 6 nitrogen and oxygen atoms in total. The number of hydrogen-bond donors (Lipinski definition) is 2. The summed E-state index contributed by atoms with van der Waals surface area (Å²) >= 11 is 5.89. The van der Waals surface area contributed by atoms with Crippen LogP contribution in [0.4, 0.5) is 4.39 Å². The lowest BCUT2D eigenvalue weighted by molar-refractivity contribution is -0.137. The maximum absolute atomic E-state index is 13.1. The van der Waals surface area contributed by atoms with E-state index in [9.17, 15) is 14.0 Å². The second-order valence-corrected chi connectivity index (χ2v) is 5.77. The van der Waals surface area contributed by atoms with Gasteiger partial charge in [0.25, 0.3) is 5.91 Å². The van der Waals surface area contributed by atoms with Crippen LogP contribution in [0.3, 0.4) is 0 Å². The van der Waals surface area contributed by atoms with Crippen molar-refractivity contribution < 1.29 is 28.6 Å². The fraction of sp³-hybridized carbons (Fsp3) is 0.222. The first-order chi connectivity index (χ1) is 12.3. The van der Waals surface area contributed by atoms with Crippen LogP contribution in [0, 0.1) is 5.82 Å². The average Bonchev–Trinajstić information content (AvgIpc) is 2.59. The van der Waals surface area contributed by atoms with Gasteiger partial charge in [-0.15, -0.1) is 0 Å². The molecule has 0 aliphatic rings. The van der Waals surface area contributed by atoms with E-state index >= 15 is 0 Å². The molecule has 0 aliphatic carbocycles. The van der Waals surface area contributed by atoms with Crippen molar-refractivity contribution in [2.75, 3.05) is 14.2 Å². The summed E-state index contributed by atoms with van der Waals surface area (Å²) in [4.78, 5) is 23.7. The van der Waals surface area contributed by atoms with Crippen LogP contribution in [0.2, 0.25) is 5.02 Å². The van der Waals surface area contributed by atoms with Crippen LogP contribution in [-0.2, 0) is 4.79 Å². The Kier molecular flexibility index (Phi) is 6.41. The van der Waals surface area contributed by atoms with Crippen LogP contribution < -0.4 is 14.8 Å². The molecule has 0 aliphatic heterocycles. The summed E-state index contributed by atoms with van der Waals surface area (Å²) < 4.78 is 23.5. The summed E-state index contributed by atoms with van der Waals surface area (Å²) in [5.74, 6) is -1.42. The third-order valence-corrected chi connectivity index (χ3v) is 3.98. The molecule has 138 valence electrons. The van der Waals surface area contributed by atoms with Crippen molar-refractivity contribution in [1.29, 1.82) is 0 Å². The van der Waals surface area contributed by atoms with E-state index in [1.807, 2.05) is 0 Å². The van der Waals surface area contributed by atoms with Gasteiger partial charge in [0.15, 0.2) is 11.5 Å². The number of amides is 1. The van der Waals surface area contributed by atoms with E-state index in [2.05, 4.69) is 5.32 Å². The molecule has 0 heterocycles. The molecule has 0 aromatic heterocycles. The second-order valence-electron chi connectivity index (χ2n) is 5.36. The van der Waals surface area contributed by atoms with Crippen molar-refractivity contribution >= 4 is 23.5 Å². The molecule has 0 radical (unpaired) electrons. The third-order valence-electron chi connectivity index (χ3n) is 3.67. The van der Waals surface area contributed by atoms with Gasteiger partial charge in [0.2, 0.25) is 0 Å². The van der Waals surface area contributed by atoms with E-state index < -0.39 is 23.7 Å². The van der Waals surface area contributed by atoms with E-state index in [4.69, 9.17) is 26.2 Å². The average molecular weight is 382 g/mol. The molecule has 26 heavy (non-hydrogen) atoms. The van der Waals surface area contributed by atoms with Gasteiger partial charge in [-0.1, -0.05) is 17.7 Å². The van der Waals surface area contributed by atoms with E-state index in [0.29, 0.717) is 17.1 Å². The summed E-state index contributed by atoms with van der Waals surface area (Å²) in [6.45, 7) is 0. The summed E-state index contributed by atoms with van der Waals surface area (Å²) in [5, 5.41) is 11.7. The maximum Gasteiger partial charge on any atom is 0.305 e. The molecular formula is C18H17ClFNO5. The molecule has 1 atom stereocenters. The van der Waals surface area contributed by atoms with Crippen LogP contribution in [0.25, 0.3) is 0 Å². The molecule has 1 amide bonds. The van der Waals surface area contributed by atoms with Gasteiger partial charge in [0.1, 0.15) is 5.82 Å².